The Morgan fingerprint density at radius 3 is 2.50 bits per heavy atom. The largest absolute Gasteiger partial charge is 0.367 e. The summed E-state index contributed by atoms with van der Waals surface area (Å²) in [6.07, 6.45) is 4.80. The van der Waals surface area contributed by atoms with Crippen LogP contribution in [0.3, 0.4) is 0 Å². The van der Waals surface area contributed by atoms with Crippen molar-refractivity contribution in [1.82, 2.24) is 9.97 Å². The van der Waals surface area contributed by atoms with Gasteiger partial charge >= 0.3 is 0 Å². The number of nitrogens with two attached hydrogens (primary N) is 1. The second-order valence-corrected chi connectivity index (χ2v) is 5.08. The molecule has 1 saturated carbocycles. The van der Waals surface area contributed by atoms with Crippen LogP contribution in [0, 0.1) is 12.8 Å². The van der Waals surface area contributed by atoms with E-state index in [-0.39, 0.29) is 0 Å². The quantitative estimate of drug-likeness (QED) is 0.551. The van der Waals surface area contributed by atoms with E-state index in [2.05, 4.69) is 27.6 Å². The van der Waals surface area contributed by atoms with Gasteiger partial charge in [0.25, 0.3) is 0 Å². The standard InChI is InChI=1S/C13H23N5/c1-4-11-16-12(8(2)13(17-11)18-14)15-9(3)10-6-5-7-10/h9-10H,4-7,14H2,1-3H3,(H2,15,16,17,18). The summed E-state index contributed by atoms with van der Waals surface area (Å²) in [5.74, 6) is 8.72. The van der Waals surface area contributed by atoms with Gasteiger partial charge in [-0.05, 0) is 32.6 Å². The minimum Gasteiger partial charge on any atom is -0.367 e. The minimum absolute atomic E-state index is 0.461. The number of nitrogen functional groups attached to an aromatic ring is 1. The van der Waals surface area contributed by atoms with Crippen LogP contribution in [-0.2, 0) is 6.42 Å². The molecule has 5 heteroatoms. The molecule has 0 spiro atoms. The van der Waals surface area contributed by atoms with Gasteiger partial charge in [-0.15, -0.1) is 0 Å². The Balaban J connectivity index is 2.19. The van der Waals surface area contributed by atoms with Crippen molar-refractivity contribution in [2.75, 3.05) is 10.7 Å². The zero-order chi connectivity index (χ0) is 13.1. The van der Waals surface area contributed by atoms with Gasteiger partial charge in [0.15, 0.2) is 0 Å². The second kappa shape index (κ2) is 5.52. The molecule has 1 heterocycles. The van der Waals surface area contributed by atoms with Crippen molar-refractivity contribution in [3.63, 3.8) is 0 Å². The Labute approximate surface area is 109 Å². The van der Waals surface area contributed by atoms with E-state index in [9.17, 15) is 0 Å². The second-order valence-electron chi connectivity index (χ2n) is 5.08. The van der Waals surface area contributed by atoms with Crippen molar-refractivity contribution in [3.8, 4) is 0 Å². The highest BCUT2D eigenvalue weighted by Gasteiger charge is 2.24. The molecule has 18 heavy (non-hydrogen) atoms. The normalized spacial score (nSPS) is 17.1. The molecule has 0 radical (unpaired) electrons. The molecule has 1 aliphatic rings. The van der Waals surface area contributed by atoms with Gasteiger partial charge in [0.05, 0.1) is 0 Å². The van der Waals surface area contributed by atoms with Gasteiger partial charge in [0.2, 0.25) is 0 Å². The minimum atomic E-state index is 0.461. The first-order chi connectivity index (χ1) is 8.65. The molecule has 0 amide bonds. The van der Waals surface area contributed by atoms with Crippen molar-refractivity contribution in [2.45, 2.75) is 52.5 Å². The van der Waals surface area contributed by atoms with E-state index < -0.39 is 0 Å². The molecule has 0 saturated heterocycles. The number of anilines is 2. The van der Waals surface area contributed by atoms with Gasteiger partial charge in [-0.25, -0.2) is 15.8 Å². The molecule has 1 fully saturated rings. The molecule has 0 aliphatic heterocycles. The molecule has 0 bridgehead atoms. The number of rotatable bonds is 5. The van der Waals surface area contributed by atoms with Crippen molar-refractivity contribution < 1.29 is 0 Å². The lowest BCUT2D eigenvalue weighted by Crippen LogP contribution is -2.31. The number of hydrogen-bond acceptors (Lipinski definition) is 5. The highest BCUT2D eigenvalue weighted by molar-refractivity contribution is 5.57. The maximum absolute atomic E-state index is 5.50. The van der Waals surface area contributed by atoms with E-state index in [1.54, 1.807) is 0 Å². The summed E-state index contributed by atoms with van der Waals surface area (Å²) >= 11 is 0. The first-order valence-corrected chi connectivity index (χ1v) is 6.76. The smallest absolute Gasteiger partial charge is 0.148 e. The third-order valence-corrected chi connectivity index (χ3v) is 3.87. The number of nitrogens with zero attached hydrogens (tertiary/aromatic N) is 2. The van der Waals surface area contributed by atoms with E-state index in [0.29, 0.717) is 11.9 Å². The zero-order valence-electron chi connectivity index (χ0n) is 11.5. The van der Waals surface area contributed by atoms with E-state index in [1.165, 1.54) is 19.3 Å². The summed E-state index contributed by atoms with van der Waals surface area (Å²) < 4.78 is 0. The average Bonchev–Trinajstić information content (AvgIpc) is 2.29. The summed E-state index contributed by atoms with van der Waals surface area (Å²) in [5, 5.41) is 3.51. The average molecular weight is 249 g/mol. The number of hydrogen-bond donors (Lipinski definition) is 3. The third kappa shape index (κ3) is 2.56. The summed E-state index contributed by atoms with van der Waals surface area (Å²) in [7, 11) is 0. The van der Waals surface area contributed by atoms with Crippen LogP contribution >= 0.6 is 0 Å². The van der Waals surface area contributed by atoms with Crippen LogP contribution in [0.1, 0.15) is 44.5 Å². The molecule has 1 aliphatic carbocycles. The SMILES string of the molecule is CCc1nc(NN)c(C)c(NC(C)C2CCC2)n1. The van der Waals surface area contributed by atoms with Gasteiger partial charge in [-0.2, -0.15) is 0 Å². The summed E-state index contributed by atoms with van der Waals surface area (Å²) in [6, 6.07) is 0.461. The van der Waals surface area contributed by atoms with Gasteiger partial charge in [0.1, 0.15) is 17.5 Å². The first-order valence-electron chi connectivity index (χ1n) is 6.76. The third-order valence-electron chi connectivity index (χ3n) is 3.87. The maximum Gasteiger partial charge on any atom is 0.148 e. The fraction of sp³-hybridized carbons (Fsp3) is 0.692. The van der Waals surface area contributed by atoms with Gasteiger partial charge < -0.3 is 10.7 Å². The van der Waals surface area contributed by atoms with Gasteiger partial charge in [-0.3, -0.25) is 0 Å². The van der Waals surface area contributed by atoms with Crippen LogP contribution in [0.5, 0.6) is 0 Å². The van der Waals surface area contributed by atoms with Crippen molar-refractivity contribution >= 4 is 11.6 Å². The molecule has 1 atom stereocenters. The Morgan fingerprint density at radius 2 is 2.00 bits per heavy atom. The number of hydrazine groups is 1. The molecule has 5 nitrogen and oxygen atoms in total. The van der Waals surface area contributed by atoms with E-state index in [0.717, 1.165) is 29.5 Å². The molecular weight excluding hydrogens is 226 g/mol. The van der Waals surface area contributed by atoms with Crippen LogP contribution in [0.2, 0.25) is 0 Å². The Hall–Kier alpha value is -1.36. The maximum atomic E-state index is 5.50. The molecule has 100 valence electrons. The fourth-order valence-corrected chi connectivity index (χ4v) is 2.28. The van der Waals surface area contributed by atoms with E-state index in [1.807, 2.05) is 13.8 Å². The highest BCUT2D eigenvalue weighted by atomic mass is 15.3. The van der Waals surface area contributed by atoms with Crippen molar-refractivity contribution in [1.29, 1.82) is 0 Å². The van der Waals surface area contributed by atoms with Crippen LogP contribution < -0.4 is 16.6 Å². The predicted molar refractivity (Wildman–Crippen MR) is 74.4 cm³/mol. The topological polar surface area (TPSA) is 75.9 Å². The number of aryl methyl sites for hydroxylation is 1. The molecule has 4 N–H and O–H groups in total. The van der Waals surface area contributed by atoms with Gasteiger partial charge in [0, 0.05) is 18.0 Å². The monoisotopic (exact) mass is 249 g/mol. The van der Waals surface area contributed by atoms with Crippen LogP contribution in [0.25, 0.3) is 0 Å². The van der Waals surface area contributed by atoms with E-state index >= 15 is 0 Å². The van der Waals surface area contributed by atoms with E-state index in [4.69, 9.17) is 5.84 Å². The lowest BCUT2D eigenvalue weighted by atomic mass is 9.80. The summed E-state index contributed by atoms with van der Waals surface area (Å²) in [5.41, 5.74) is 3.64. The molecular formula is C13H23N5. The Kier molecular flexibility index (Phi) is 4.01. The Bertz CT molecular complexity index is 414. The highest BCUT2D eigenvalue weighted by Crippen LogP contribution is 2.31. The van der Waals surface area contributed by atoms with Crippen LogP contribution in [0.4, 0.5) is 11.6 Å². The summed E-state index contributed by atoms with van der Waals surface area (Å²) in [6.45, 7) is 6.26. The lowest BCUT2D eigenvalue weighted by Gasteiger charge is -2.32. The molecule has 1 aromatic heterocycles. The molecule has 1 unspecified atom stereocenters. The molecule has 1 aromatic rings. The van der Waals surface area contributed by atoms with Crippen LogP contribution in [-0.4, -0.2) is 16.0 Å². The number of nitrogens with one attached hydrogen (secondary N) is 2. The van der Waals surface area contributed by atoms with Crippen molar-refractivity contribution in [3.05, 3.63) is 11.4 Å². The molecule has 2 rings (SSSR count). The fourth-order valence-electron chi connectivity index (χ4n) is 2.28. The zero-order valence-corrected chi connectivity index (χ0v) is 11.5. The lowest BCUT2D eigenvalue weighted by molar-refractivity contribution is 0.285. The Morgan fingerprint density at radius 1 is 1.33 bits per heavy atom. The summed E-state index contributed by atoms with van der Waals surface area (Å²) in [4.78, 5) is 8.93. The van der Waals surface area contributed by atoms with Crippen LogP contribution in [0.15, 0.2) is 0 Å². The molecule has 0 aromatic carbocycles. The number of aromatic nitrogens is 2. The predicted octanol–water partition coefficient (Wildman–Crippen LogP) is 2.23. The van der Waals surface area contributed by atoms with Crippen molar-refractivity contribution in [2.24, 2.45) is 11.8 Å². The van der Waals surface area contributed by atoms with Gasteiger partial charge in [-0.1, -0.05) is 13.3 Å². The first kappa shape index (κ1) is 13.1.